The van der Waals surface area contributed by atoms with Crippen LogP contribution in [0.3, 0.4) is 0 Å². The molecule has 1 heterocycles. The van der Waals surface area contributed by atoms with Gasteiger partial charge in [0.15, 0.2) is 5.75 Å². The molecular formula is C14H15NO4S. The average molecular weight is 293 g/mol. The van der Waals surface area contributed by atoms with E-state index in [4.69, 9.17) is 0 Å². The van der Waals surface area contributed by atoms with Crippen molar-refractivity contribution in [2.75, 3.05) is 19.4 Å². The van der Waals surface area contributed by atoms with Crippen molar-refractivity contribution in [3.63, 3.8) is 0 Å². The molecule has 0 aromatic heterocycles. The van der Waals surface area contributed by atoms with Gasteiger partial charge in [0.1, 0.15) is 0 Å². The topological polar surface area (TPSA) is 63.7 Å². The fraction of sp³-hybridized carbons (Fsp3) is 0.214. The summed E-state index contributed by atoms with van der Waals surface area (Å²) in [6, 6.07) is 9.67. The molecule has 0 radical (unpaired) electrons. The third-order valence-electron chi connectivity index (χ3n) is 2.90. The molecule has 0 fully saturated rings. The normalized spacial score (nSPS) is 14.8. The van der Waals surface area contributed by atoms with Gasteiger partial charge in [0.25, 0.3) is 0 Å². The van der Waals surface area contributed by atoms with Gasteiger partial charge in [-0.05, 0) is 17.2 Å². The molecule has 1 aliphatic rings. The van der Waals surface area contributed by atoms with Crippen molar-refractivity contribution in [3.8, 4) is 0 Å². The first kappa shape index (κ1) is 14.3. The van der Waals surface area contributed by atoms with Crippen LogP contribution in [-0.4, -0.2) is 38.1 Å². The molecule has 0 aliphatic carbocycles. The monoisotopic (exact) mass is 293 g/mol. The van der Waals surface area contributed by atoms with Gasteiger partial charge in [0, 0.05) is 6.20 Å². The maximum Gasteiger partial charge on any atom is 0.322 e. The highest BCUT2D eigenvalue weighted by atomic mass is 32.2. The number of carbonyl (C=O) groups is 1. The van der Waals surface area contributed by atoms with Crippen molar-refractivity contribution in [1.29, 1.82) is 0 Å². The lowest BCUT2D eigenvalue weighted by molar-refractivity contribution is -0.137. The predicted octanol–water partition coefficient (Wildman–Crippen LogP) is 1.40. The minimum Gasteiger partial charge on any atom is -0.468 e. The second kappa shape index (κ2) is 5.92. The lowest BCUT2D eigenvalue weighted by Crippen LogP contribution is -2.33. The van der Waals surface area contributed by atoms with Crippen molar-refractivity contribution in [1.82, 2.24) is 4.31 Å². The number of carbonyl (C=O) groups excluding carboxylic acids is 1. The molecule has 6 heteroatoms. The highest BCUT2D eigenvalue weighted by Crippen LogP contribution is 2.20. The van der Waals surface area contributed by atoms with Crippen molar-refractivity contribution in [3.05, 3.63) is 54.2 Å². The molecular weight excluding hydrogens is 278 g/mol. The van der Waals surface area contributed by atoms with Crippen LogP contribution in [0.4, 0.5) is 0 Å². The fourth-order valence-corrected chi connectivity index (χ4v) is 2.95. The fourth-order valence-electron chi connectivity index (χ4n) is 1.82. The minimum absolute atomic E-state index is 0.208. The van der Waals surface area contributed by atoms with E-state index < -0.39 is 21.7 Å². The smallest absolute Gasteiger partial charge is 0.322 e. The number of hydrogen-bond acceptors (Lipinski definition) is 4. The summed E-state index contributed by atoms with van der Waals surface area (Å²) in [6.45, 7) is 0.208. The number of esters is 1. The van der Waals surface area contributed by atoms with Crippen molar-refractivity contribution < 1.29 is 17.9 Å². The number of sulfonamides is 1. The zero-order valence-electron chi connectivity index (χ0n) is 11.0. The molecule has 0 unspecified atom stereocenters. The number of allylic oxidation sites excluding steroid dienone is 2. The van der Waals surface area contributed by atoms with E-state index in [9.17, 15) is 13.2 Å². The van der Waals surface area contributed by atoms with E-state index >= 15 is 0 Å². The SMILES string of the molecule is COC(=O)CS(=O)(=O)N1C=CC(c2ccccc2)=CC1. The van der Waals surface area contributed by atoms with Gasteiger partial charge >= 0.3 is 5.97 Å². The predicted molar refractivity (Wildman–Crippen MR) is 76.1 cm³/mol. The van der Waals surface area contributed by atoms with Gasteiger partial charge in [-0.25, -0.2) is 8.42 Å². The van der Waals surface area contributed by atoms with Gasteiger partial charge in [-0.1, -0.05) is 36.4 Å². The quantitative estimate of drug-likeness (QED) is 0.787. The Labute approximate surface area is 118 Å². The second-order valence-corrected chi connectivity index (χ2v) is 6.16. The lowest BCUT2D eigenvalue weighted by atomic mass is 10.0. The van der Waals surface area contributed by atoms with E-state index in [0.717, 1.165) is 22.6 Å². The summed E-state index contributed by atoms with van der Waals surface area (Å²) in [4.78, 5) is 11.1. The summed E-state index contributed by atoms with van der Waals surface area (Å²) in [5, 5.41) is 0. The van der Waals surface area contributed by atoms with E-state index in [1.54, 1.807) is 6.08 Å². The molecule has 0 saturated heterocycles. The van der Waals surface area contributed by atoms with Crippen LogP contribution in [0.2, 0.25) is 0 Å². The molecule has 0 atom stereocenters. The van der Waals surface area contributed by atoms with Crippen LogP contribution in [0, 0.1) is 0 Å². The molecule has 1 aromatic rings. The Morgan fingerprint density at radius 2 is 2.00 bits per heavy atom. The Hall–Kier alpha value is -2.08. The Kier molecular flexibility index (Phi) is 4.24. The van der Waals surface area contributed by atoms with Gasteiger partial charge in [-0.15, -0.1) is 0 Å². The Morgan fingerprint density at radius 3 is 2.55 bits per heavy atom. The van der Waals surface area contributed by atoms with Crippen molar-refractivity contribution >= 4 is 21.6 Å². The first-order valence-electron chi connectivity index (χ1n) is 6.03. The first-order valence-corrected chi connectivity index (χ1v) is 7.64. The summed E-state index contributed by atoms with van der Waals surface area (Å²) in [6.07, 6.45) is 5.00. The molecule has 5 nitrogen and oxygen atoms in total. The standard InChI is InChI=1S/C14H15NO4S/c1-19-14(16)11-20(17,18)15-9-7-13(8-10-15)12-5-3-2-4-6-12/h2-9H,10-11H2,1H3. The zero-order valence-corrected chi connectivity index (χ0v) is 11.8. The number of nitrogens with zero attached hydrogens (tertiary/aromatic N) is 1. The van der Waals surface area contributed by atoms with Crippen LogP contribution >= 0.6 is 0 Å². The Bertz CT molecular complexity index is 647. The van der Waals surface area contributed by atoms with Gasteiger partial charge in [-0.2, -0.15) is 0 Å². The summed E-state index contributed by atoms with van der Waals surface area (Å²) in [5.41, 5.74) is 1.98. The Balaban J connectivity index is 2.10. The number of hydrogen-bond donors (Lipinski definition) is 0. The van der Waals surface area contributed by atoms with E-state index in [0.29, 0.717) is 0 Å². The van der Waals surface area contributed by atoms with Crippen LogP contribution < -0.4 is 0 Å². The molecule has 106 valence electrons. The van der Waals surface area contributed by atoms with E-state index in [-0.39, 0.29) is 6.54 Å². The molecule has 20 heavy (non-hydrogen) atoms. The number of rotatable bonds is 4. The number of ether oxygens (including phenoxy) is 1. The van der Waals surface area contributed by atoms with Crippen molar-refractivity contribution in [2.24, 2.45) is 0 Å². The summed E-state index contributed by atoms with van der Waals surface area (Å²) < 4.78 is 29.4. The average Bonchev–Trinajstić information content (AvgIpc) is 2.48. The molecule has 0 spiro atoms. The molecule has 2 rings (SSSR count). The molecule has 0 bridgehead atoms. The van der Waals surface area contributed by atoms with Crippen LogP contribution in [0.15, 0.2) is 48.7 Å². The highest BCUT2D eigenvalue weighted by Gasteiger charge is 2.24. The van der Waals surface area contributed by atoms with Crippen LogP contribution in [0.5, 0.6) is 0 Å². The van der Waals surface area contributed by atoms with Crippen LogP contribution in [0.1, 0.15) is 5.56 Å². The van der Waals surface area contributed by atoms with Crippen LogP contribution in [0.25, 0.3) is 5.57 Å². The maximum absolute atomic E-state index is 11.9. The molecule has 0 amide bonds. The summed E-state index contributed by atoms with van der Waals surface area (Å²) in [5.74, 6) is -1.42. The maximum atomic E-state index is 11.9. The van der Waals surface area contributed by atoms with E-state index in [1.807, 2.05) is 36.4 Å². The molecule has 0 N–H and O–H groups in total. The first-order chi connectivity index (χ1) is 9.53. The summed E-state index contributed by atoms with van der Waals surface area (Å²) >= 11 is 0. The van der Waals surface area contributed by atoms with E-state index in [2.05, 4.69) is 4.74 Å². The molecule has 1 aromatic carbocycles. The van der Waals surface area contributed by atoms with Gasteiger partial charge in [-0.3, -0.25) is 9.10 Å². The third kappa shape index (κ3) is 3.27. The number of methoxy groups -OCH3 is 1. The summed E-state index contributed by atoms with van der Waals surface area (Å²) in [7, 11) is -2.51. The lowest BCUT2D eigenvalue weighted by Gasteiger charge is -2.22. The Morgan fingerprint density at radius 1 is 1.30 bits per heavy atom. The molecule has 1 aliphatic heterocycles. The minimum atomic E-state index is -3.67. The zero-order chi connectivity index (χ0) is 14.6. The number of benzene rings is 1. The second-order valence-electron chi connectivity index (χ2n) is 4.24. The van der Waals surface area contributed by atoms with Gasteiger partial charge in [0.2, 0.25) is 10.0 Å². The van der Waals surface area contributed by atoms with Crippen molar-refractivity contribution in [2.45, 2.75) is 0 Å². The van der Waals surface area contributed by atoms with Gasteiger partial charge in [0.05, 0.1) is 13.7 Å². The van der Waals surface area contributed by atoms with E-state index in [1.165, 1.54) is 6.20 Å². The third-order valence-corrected chi connectivity index (χ3v) is 4.49. The molecule has 0 saturated carbocycles. The largest absolute Gasteiger partial charge is 0.468 e. The highest BCUT2D eigenvalue weighted by molar-refractivity contribution is 7.89. The van der Waals surface area contributed by atoms with Gasteiger partial charge < -0.3 is 4.74 Å². The van der Waals surface area contributed by atoms with Crippen LogP contribution in [-0.2, 0) is 19.6 Å².